The molecule has 0 aliphatic rings. The van der Waals surface area contributed by atoms with Crippen molar-refractivity contribution in [2.45, 2.75) is 13.0 Å². The van der Waals surface area contributed by atoms with E-state index in [0.717, 1.165) is 6.07 Å². The first-order chi connectivity index (χ1) is 6.06. The second-order valence-corrected chi connectivity index (χ2v) is 3.43. The first-order valence-electron chi connectivity index (χ1n) is 3.30. The third-order valence-corrected chi connectivity index (χ3v) is 2.19. The molecule has 1 aromatic heterocycles. The van der Waals surface area contributed by atoms with Gasteiger partial charge in [0, 0.05) is 11.1 Å². The quantitative estimate of drug-likeness (QED) is 0.840. The third kappa shape index (κ3) is 2.36. The van der Waals surface area contributed by atoms with Crippen LogP contribution in [0.5, 0.6) is 0 Å². The van der Waals surface area contributed by atoms with Gasteiger partial charge < -0.3 is 5.11 Å². The minimum atomic E-state index is -2.67. The van der Waals surface area contributed by atoms with Crippen molar-refractivity contribution in [3.63, 3.8) is 0 Å². The molecular formula is C7H5BrClF2NO. The molecule has 0 fully saturated rings. The number of aliphatic hydroxyl groups excluding tert-OH is 1. The van der Waals surface area contributed by atoms with Crippen LogP contribution in [0, 0.1) is 0 Å². The summed E-state index contributed by atoms with van der Waals surface area (Å²) < 4.78 is 24.9. The van der Waals surface area contributed by atoms with E-state index in [1.165, 1.54) is 0 Å². The Morgan fingerprint density at radius 3 is 2.69 bits per heavy atom. The fraction of sp³-hybridized carbons (Fsp3) is 0.286. The number of hydrogen-bond donors (Lipinski definition) is 1. The molecule has 2 nitrogen and oxygen atoms in total. The van der Waals surface area contributed by atoms with Crippen LogP contribution >= 0.6 is 27.5 Å². The zero-order valence-electron chi connectivity index (χ0n) is 6.27. The minimum absolute atomic E-state index is 0.0279. The van der Waals surface area contributed by atoms with Crippen LogP contribution in [-0.2, 0) is 6.61 Å². The lowest BCUT2D eigenvalue weighted by Crippen LogP contribution is -1.98. The monoisotopic (exact) mass is 271 g/mol. The van der Waals surface area contributed by atoms with Gasteiger partial charge in [-0.2, -0.15) is 0 Å². The normalized spacial score (nSPS) is 10.9. The van der Waals surface area contributed by atoms with Crippen molar-refractivity contribution in [2.75, 3.05) is 0 Å². The molecule has 0 bridgehead atoms. The van der Waals surface area contributed by atoms with Crippen LogP contribution in [0.4, 0.5) is 8.78 Å². The van der Waals surface area contributed by atoms with Gasteiger partial charge in [0.2, 0.25) is 0 Å². The molecule has 0 radical (unpaired) electrons. The highest BCUT2D eigenvalue weighted by Crippen LogP contribution is 2.29. The van der Waals surface area contributed by atoms with Gasteiger partial charge in [-0.25, -0.2) is 13.8 Å². The van der Waals surface area contributed by atoms with E-state index >= 15 is 0 Å². The Labute approximate surface area is 86.7 Å². The van der Waals surface area contributed by atoms with Gasteiger partial charge in [-0.3, -0.25) is 0 Å². The minimum Gasteiger partial charge on any atom is -0.392 e. The average molecular weight is 272 g/mol. The fourth-order valence-corrected chi connectivity index (χ4v) is 1.67. The predicted molar refractivity (Wildman–Crippen MR) is 47.8 cm³/mol. The molecule has 0 aliphatic heterocycles. The van der Waals surface area contributed by atoms with Crippen molar-refractivity contribution in [2.24, 2.45) is 0 Å². The maximum Gasteiger partial charge on any atom is 0.264 e. The van der Waals surface area contributed by atoms with Gasteiger partial charge in [0.1, 0.15) is 9.76 Å². The third-order valence-electron chi connectivity index (χ3n) is 1.47. The van der Waals surface area contributed by atoms with E-state index in [9.17, 15) is 8.78 Å². The Bertz CT molecular complexity index is 322. The second kappa shape index (κ2) is 4.30. The summed E-state index contributed by atoms with van der Waals surface area (Å²) in [4.78, 5) is 3.68. The zero-order chi connectivity index (χ0) is 10.0. The van der Waals surface area contributed by atoms with E-state index in [4.69, 9.17) is 16.7 Å². The van der Waals surface area contributed by atoms with Crippen molar-refractivity contribution in [1.29, 1.82) is 0 Å². The lowest BCUT2D eigenvalue weighted by atomic mass is 10.1. The molecule has 1 rings (SSSR count). The molecule has 1 aromatic rings. The number of pyridine rings is 1. The topological polar surface area (TPSA) is 33.1 Å². The number of hydrogen-bond acceptors (Lipinski definition) is 2. The number of halogens is 4. The van der Waals surface area contributed by atoms with E-state index < -0.39 is 13.0 Å². The molecule has 0 atom stereocenters. The van der Waals surface area contributed by atoms with Gasteiger partial charge in [0.15, 0.2) is 0 Å². The maximum absolute atomic E-state index is 12.4. The standard InChI is InChI=1S/C7H5BrClF2NO/c8-5-1-3(7(10)11)4(2-13)6(9)12-5/h1,7,13H,2H2. The molecule has 72 valence electrons. The summed E-state index contributed by atoms with van der Waals surface area (Å²) >= 11 is 8.48. The molecule has 0 spiro atoms. The lowest BCUT2D eigenvalue weighted by molar-refractivity contribution is 0.147. The number of nitrogens with zero attached hydrogens (tertiary/aromatic N) is 1. The van der Waals surface area contributed by atoms with Crippen LogP contribution in [0.15, 0.2) is 10.7 Å². The van der Waals surface area contributed by atoms with E-state index in [-0.39, 0.29) is 20.9 Å². The molecule has 0 saturated carbocycles. The highest BCUT2D eigenvalue weighted by atomic mass is 79.9. The van der Waals surface area contributed by atoms with Crippen molar-refractivity contribution in [1.82, 2.24) is 4.98 Å². The Morgan fingerprint density at radius 1 is 1.62 bits per heavy atom. The van der Waals surface area contributed by atoms with Gasteiger partial charge in [-0.05, 0) is 22.0 Å². The molecule has 0 aromatic carbocycles. The molecule has 1 heterocycles. The Morgan fingerprint density at radius 2 is 2.23 bits per heavy atom. The first-order valence-corrected chi connectivity index (χ1v) is 4.47. The van der Waals surface area contributed by atoms with E-state index in [0.29, 0.717) is 0 Å². The van der Waals surface area contributed by atoms with E-state index in [2.05, 4.69) is 20.9 Å². The van der Waals surface area contributed by atoms with Crippen molar-refractivity contribution >= 4 is 27.5 Å². The Balaban J connectivity index is 3.29. The Hall–Kier alpha value is -0.260. The van der Waals surface area contributed by atoms with Crippen molar-refractivity contribution in [3.05, 3.63) is 26.9 Å². The van der Waals surface area contributed by atoms with Crippen molar-refractivity contribution in [3.8, 4) is 0 Å². The van der Waals surface area contributed by atoms with E-state index in [1.54, 1.807) is 0 Å². The average Bonchev–Trinajstić information content (AvgIpc) is 2.02. The Kier molecular flexibility index (Phi) is 3.58. The summed E-state index contributed by atoms with van der Waals surface area (Å²) in [6.07, 6.45) is -2.67. The highest BCUT2D eigenvalue weighted by molar-refractivity contribution is 9.10. The SMILES string of the molecule is OCc1c(C(F)F)cc(Br)nc1Cl. The number of aromatic nitrogens is 1. The molecule has 0 unspecified atom stereocenters. The largest absolute Gasteiger partial charge is 0.392 e. The molecular weight excluding hydrogens is 267 g/mol. The van der Waals surface area contributed by atoms with Gasteiger partial charge in [0.25, 0.3) is 6.43 Å². The lowest BCUT2D eigenvalue weighted by Gasteiger charge is -2.07. The van der Waals surface area contributed by atoms with Gasteiger partial charge in [-0.15, -0.1) is 0 Å². The van der Waals surface area contributed by atoms with Crippen LogP contribution in [0.1, 0.15) is 17.6 Å². The van der Waals surface area contributed by atoms with Crippen LogP contribution in [-0.4, -0.2) is 10.1 Å². The van der Waals surface area contributed by atoms with Gasteiger partial charge >= 0.3 is 0 Å². The van der Waals surface area contributed by atoms with Gasteiger partial charge in [0.05, 0.1) is 6.61 Å². The summed E-state index contributed by atoms with van der Waals surface area (Å²) in [6, 6.07) is 1.14. The summed E-state index contributed by atoms with van der Waals surface area (Å²) in [5.41, 5.74) is -0.325. The molecule has 0 saturated heterocycles. The molecule has 1 N–H and O–H groups in total. The van der Waals surface area contributed by atoms with Gasteiger partial charge in [-0.1, -0.05) is 11.6 Å². The number of aliphatic hydroxyl groups is 1. The summed E-state index contributed by atoms with van der Waals surface area (Å²) in [5, 5.41) is 8.66. The molecule has 0 aliphatic carbocycles. The summed E-state index contributed by atoms with van der Waals surface area (Å²) in [6.45, 7) is -0.543. The second-order valence-electron chi connectivity index (χ2n) is 2.26. The number of alkyl halides is 2. The maximum atomic E-state index is 12.4. The number of rotatable bonds is 2. The summed E-state index contributed by atoms with van der Waals surface area (Å²) in [5.74, 6) is 0. The molecule has 6 heteroatoms. The highest BCUT2D eigenvalue weighted by Gasteiger charge is 2.16. The van der Waals surface area contributed by atoms with E-state index in [1.807, 2.05) is 0 Å². The molecule has 13 heavy (non-hydrogen) atoms. The van der Waals surface area contributed by atoms with Crippen LogP contribution in [0.2, 0.25) is 5.15 Å². The molecule has 0 amide bonds. The predicted octanol–water partition coefficient (Wildman–Crippen LogP) is 2.93. The van der Waals surface area contributed by atoms with Crippen molar-refractivity contribution < 1.29 is 13.9 Å². The summed E-state index contributed by atoms with van der Waals surface area (Å²) in [7, 11) is 0. The fourth-order valence-electron chi connectivity index (χ4n) is 0.879. The van der Waals surface area contributed by atoms with Crippen LogP contribution in [0.25, 0.3) is 0 Å². The van der Waals surface area contributed by atoms with Crippen LogP contribution in [0.3, 0.4) is 0 Å². The smallest absolute Gasteiger partial charge is 0.264 e. The zero-order valence-corrected chi connectivity index (χ0v) is 8.61. The van der Waals surface area contributed by atoms with Crippen LogP contribution < -0.4 is 0 Å². The first kappa shape index (κ1) is 10.8.